The Morgan fingerprint density at radius 3 is 2.84 bits per heavy atom. The molecule has 1 aromatic heterocycles. The van der Waals surface area contributed by atoms with Crippen molar-refractivity contribution < 1.29 is 4.74 Å². The molecule has 19 heavy (non-hydrogen) atoms. The van der Waals surface area contributed by atoms with Gasteiger partial charge in [0, 0.05) is 5.56 Å². The maximum absolute atomic E-state index is 5.63. The average molecular weight is 253 g/mol. The van der Waals surface area contributed by atoms with Crippen LogP contribution in [0.15, 0.2) is 42.5 Å². The SMILES string of the molecule is COc1cccc(-c2cccc3[nH]c(CN)nc23)c1. The number of ether oxygens (including phenoxy) is 1. The van der Waals surface area contributed by atoms with Gasteiger partial charge in [-0.05, 0) is 23.8 Å². The molecule has 0 saturated heterocycles. The predicted molar refractivity (Wildman–Crippen MR) is 76.0 cm³/mol. The van der Waals surface area contributed by atoms with E-state index in [4.69, 9.17) is 10.5 Å². The molecular weight excluding hydrogens is 238 g/mol. The van der Waals surface area contributed by atoms with Gasteiger partial charge in [0.25, 0.3) is 0 Å². The molecule has 0 saturated carbocycles. The highest BCUT2D eigenvalue weighted by Crippen LogP contribution is 2.29. The van der Waals surface area contributed by atoms with E-state index in [1.54, 1.807) is 7.11 Å². The molecule has 3 aromatic rings. The third-order valence-electron chi connectivity index (χ3n) is 3.14. The van der Waals surface area contributed by atoms with Crippen LogP contribution in [-0.2, 0) is 6.54 Å². The summed E-state index contributed by atoms with van der Waals surface area (Å²) in [7, 11) is 1.67. The van der Waals surface area contributed by atoms with Gasteiger partial charge < -0.3 is 15.5 Å². The molecule has 96 valence electrons. The molecule has 0 fully saturated rings. The van der Waals surface area contributed by atoms with Crippen LogP contribution in [0, 0.1) is 0 Å². The van der Waals surface area contributed by atoms with Gasteiger partial charge in [-0.25, -0.2) is 4.98 Å². The molecule has 0 atom stereocenters. The van der Waals surface area contributed by atoms with Crippen molar-refractivity contribution in [1.82, 2.24) is 9.97 Å². The first kappa shape index (κ1) is 11.7. The number of hydrogen-bond acceptors (Lipinski definition) is 3. The number of hydrogen-bond donors (Lipinski definition) is 2. The summed E-state index contributed by atoms with van der Waals surface area (Å²) in [6.45, 7) is 0.409. The number of rotatable bonds is 3. The van der Waals surface area contributed by atoms with Gasteiger partial charge in [0.1, 0.15) is 11.6 Å². The summed E-state index contributed by atoms with van der Waals surface area (Å²) >= 11 is 0. The molecule has 0 amide bonds. The van der Waals surface area contributed by atoms with Crippen molar-refractivity contribution in [2.45, 2.75) is 6.54 Å². The lowest BCUT2D eigenvalue weighted by molar-refractivity contribution is 0.415. The number of aromatic amines is 1. The first-order valence-corrected chi connectivity index (χ1v) is 6.14. The van der Waals surface area contributed by atoms with E-state index in [2.05, 4.69) is 16.0 Å². The van der Waals surface area contributed by atoms with Crippen molar-refractivity contribution in [2.24, 2.45) is 5.73 Å². The third kappa shape index (κ3) is 2.06. The second-order valence-corrected chi connectivity index (χ2v) is 4.32. The predicted octanol–water partition coefficient (Wildman–Crippen LogP) is 2.70. The summed E-state index contributed by atoms with van der Waals surface area (Å²) in [5.74, 6) is 1.63. The Labute approximate surface area is 111 Å². The Balaban J connectivity index is 2.20. The first-order valence-electron chi connectivity index (χ1n) is 6.14. The van der Waals surface area contributed by atoms with Crippen molar-refractivity contribution in [3.63, 3.8) is 0 Å². The number of aromatic nitrogens is 2. The Morgan fingerprint density at radius 2 is 2.05 bits per heavy atom. The smallest absolute Gasteiger partial charge is 0.121 e. The second-order valence-electron chi connectivity index (χ2n) is 4.32. The zero-order valence-corrected chi connectivity index (χ0v) is 10.7. The average Bonchev–Trinajstić information content (AvgIpc) is 2.90. The molecule has 0 bridgehead atoms. The van der Waals surface area contributed by atoms with E-state index in [1.165, 1.54) is 0 Å². The van der Waals surface area contributed by atoms with Crippen molar-refractivity contribution in [3.05, 3.63) is 48.3 Å². The standard InChI is InChI=1S/C15H15N3O/c1-19-11-5-2-4-10(8-11)12-6-3-7-13-15(12)18-14(9-16)17-13/h2-8H,9,16H2,1H3,(H,17,18). The molecule has 3 N–H and O–H groups in total. The van der Waals surface area contributed by atoms with Gasteiger partial charge in [-0.15, -0.1) is 0 Å². The Kier molecular flexibility index (Phi) is 2.93. The number of benzene rings is 2. The molecule has 0 unspecified atom stereocenters. The summed E-state index contributed by atoms with van der Waals surface area (Å²) in [5, 5.41) is 0. The Hall–Kier alpha value is -2.33. The minimum Gasteiger partial charge on any atom is -0.497 e. The molecular formula is C15H15N3O. The molecule has 2 aromatic carbocycles. The number of para-hydroxylation sites is 1. The summed E-state index contributed by atoms with van der Waals surface area (Å²) in [6.07, 6.45) is 0. The van der Waals surface area contributed by atoms with Gasteiger partial charge in [0.15, 0.2) is 0 Å². The molecule has 1 heterocycles. The molecule has 4 heteroatoms. The van der Waals surface area contributed by atoms with Gasteiger partial charge in [0.05, 0.1) is 24.7 Å². The fourth-order valence-electron chi connectivity index (χ4n) is 2.20. The number of fused-ring (bicyclic) bond motifs is 1. The van der Waals surface area contributed by atoms with Crippen LogP contribution in [0.2, 0.25) is 0 Å². The molecule has 0 aliphatic carbocycles. The summed E-state index contributed by atoms with van der Waals surface area (Å²) < 4.78 is 5.27. The fraction of sp³-hybridized carbons (Fsp3) is 0.133. The van der Waals surface area contributed by atoms with Crippen LogP contribution in [-0.4, -0.2) is 17.1 Å². The molecule has 0 aliphatic rings. The van der Waals surface area contributed by atoms with Crippen LogP contribution >= 0.6 is 0 Å². The highest BCUT2D eigenvalue weighted by molar-refractivity contribution is 5.92. The Bertz CT molecular complexity index is 718. The van der Waals surface area contributed by atoms with Gasteiger partial charge >= 0.3 is 0 Å². The van der Waals surface area contributed by atoms with Crippen LogP contribution in [0.25, 0.3) is 22.2 Å². The number of nitrogens with one attached hydrogen (secondary N) is 1. The minimum atomic E-state index is 0.409. The van der Waals surface area contributed by atoms with E-state index >= 15 is 0 Å². The van der Waals surface area contributed by atoms with Crippen molar-refractivity contribution in [2.75, 3.05) is 7.11 Å². The van der Waals surface area contributed by atoms with Crippen molar-refractivity contribution in [3.8, 4) is 16.9 Å². The number of H-pyrrole nitrogens is 1. The molecule has 0 radical (unpaired) electrons. The van der Waals surface area contributed by atoms with Crippen LogP contribution in [0.3, 0.4) is 0 Å². The van der Waals surface area contributed by atoms with Crippen molar-refractivity contribution in [1.29, 1.82) is 0 Å². The molecule has 4 nitrogen and oxygen atoms in total. The maximum Gasteiger partial charge on any atom is 0.121 e. The van der Waals surface area contributed by atoms with Gasteiger partial charge in [-0.3, -0.25) is 0 Å². The fourth-order valence-corrected chi connectivity index (χ4v) is 2.20. The summed E-state index contributed by atoms with van der Waals surface area (Å²) in [6, 6.07) is 14.0. The lowest BCUT2D eigenvalue weighted by Gasteiger charge is -2.05. The third-order valence-corrected chi connectivity index (χ3v) is 3.14. The van der Waals surface area contributed by atoms with Gasteiger partial charge in [0.2, 0.25) is 0 Å². The number of nitrogens with zero attached hydrogens (tertiary/aromatic N) is 1. The van der Waals surface area contributed by atoms with Crippen LogP contribution in [0.1, 0.15) is 5.82 Å². The maximum atomic E-state index is 5.63. The Morgan fingerprint density at radius 1 is 1.21 bits per heavy atom. The van der Waals surface area contributed by atoms with Crippen LogP contribution in [0.5, 0.6) is 5.75 Å². The molecule has 0 aliphatic heterocycles. The normalized spacial score (nSPS) is 10.8. The summed E-state index contributed by atoms with van der Waals surface area (Å²) in [4.78, 5) is 7.76. The quantitative estimate of drug-likeness (QED) is 0.754. The highest BCUT2D eigenvalue weighted by atomic mass is 16.5. The largest absolute Gasteiger partial charge is 0.497 e. The number of methoxy groups -OCH3 is 1. The topological polar surface area (TPSA) is 63.9 Å². The van der Waals surface area contributed by atoms with Crippen LogP contribution < -0.4 is 10.5 Å². The van der Waals surface area contributed by atoms with E-state index < -0.39 is 0 Å². The lowest BCUT2D eigenvalue weighted by atomic mass is 10.0. The molecule has 0 spiro atoms. The second kappa shape index (κ2) is 4.74. The number of nitrogens with two attached hydrogens (primary N) is 1. The van der Waals surface area contributed by atoms with Gasteiger partial charge in [-0.1, -0.05) is 24.3 Å². The lowest BCUT2D eigenvalue weighted by Crippen LogP contribution is -1.97. The number of imidazole rings is 1. The summed E-state index contributed by atoms with van der Waals surface area (Å²) in [5.41, 5.74) is 9.74. The molecule has 3 rings (SSSR count). The van der Waals surface area contributed by atoms with E-state index in [0.717, 1.165) is 33.7 Å². The van der Waals surface area contributed by atoms with Crippen LogP contribution in [0.4, 0.5) is 0 Å². The van der Waals surface area contributed by atoms with E-state index in [9.17, 15) is 0 Å². The first-order chi connectivity index (χ1) is 9.31. The van der Waals surface area contributed by atoms with E-state index in [1.807, 2.05) is 36.4 Å². The van der Waals surface area contributed by atoms with Gasteiger partial charge in [-0.2, -0.15) is 0 Å². The van der Waals surface area contributed by atoms with Crippen molar-refractivity contribution >= 4 is 11.0 Å². The monoisotopic (exact) mass is 253 g/mol. The zero-order chi connectivity index (χ0) is 13.2. The minimum absolute atomic E-state index is 0.409. The van der Waals surface area contributed by atoms with E-state index in [-0.39, 0.29) is 0 Å². The highest BCUT2D eigenvalue weighted by Gasteiger charge is 2.08. The zero-order valence-electron chi connectivity index (χ0n) is 10.7. The van der Waals surface area contributed by atoms with E-state index in [0.29, 0.717) is 6.54 Å².